The second-order valence-electron chi connectivity index (χ2n) is 5.69. The Balaban J connectivity index is 1.80. The average molecular weight is 371 g/mol. The maximum Gasteiger partial charge on any atom is 0.186 e. The molecule has 0 amide bonds. The molecule has 0 aliphatic carbocycles. The van der Waals surface area contributed by atoms with Crippen LogP contribution in [-0.2, 0) is 0 Å². The van der Waals surface area contributed by atoms with E-state index in [0.29, 0.717) is 18.9 Å². The molecule has 26 heavy (non-hydrogen) atoms. The maximum atomic E-state index is 9.17. The van der Waals surface area contributed by atoms with E-state index in [0.717, 1.165) is 27.1 Å². The van der Waals surface area contributed by atoms with Crippen LogP contribution in [0.15, 0.2) is 42.7 Å². The van der Waals surface area contributed by atoms with Gasteiger partial charge in [-0.3, -0.25) is 0 Å². The summed E-state index contributed by atoms with van der Waals surface area (Å²) >= 11 is 1.48. The minimum absolute atomic E-state index is 0.00998. The monoisotopic (exact) mass is 371 g/mol. The number of aliphatic hydroxyl groups excluding tert-OH is 2. The molecule has 7 nitrogen and oxygen atoms in total. The molecule has 0 radical (unpaired) electrons. The van der Waals surface area contributed by atoms with Gasteiger partial charge in [0.1, 0.15) is 11.6 Å². The molecule has 136 valence electrons. The van der Waals surface area contributed by atoms with Gasteiger partial charge in [-0.25, -0.2) is 15.0 Å². The van der Waals surface area contributed by atoms with E-state index in [1.165, 1.54) is 11.3 Å². The summed E-state index contributed by atoms with van der Waals surface area (Å²) in [5, 5.41) is 22.3. The maximum absolute atomic E-state index is 9.17. The van der Waals surface area contributed by atoms with Crippen LogP contribution in [0, 0.1) is 6.92 Å². The molecule has 3 aromatic rings. The van der Waals surface area contributed by atoms with E-state index in [1.54, 1.807) is 12.4 Å². The number of hydrogen-bond donors (Lipinski definition) is 3. The Labute approximate surface area is 156 Å². The van der Waals surface area contributed by atoms with Crippen LogP contribution in [0.5, 0.6) is 0 Å². The molecule has 0 spiro atoms. The molecule has 0 atom stereocenters. The van der Waals surface area contributed by atoms with Crippen LogP contribution < -0.4 is 10.2 Å². The lowest BCUT2D eigenvalue weighted by atomic mass is 10.3. The normalized spacial score (nSPS) is 10.7. The highest BCUT2D eigenvalue weighted by Gasteiger charge is 2.12. The van der Waals surface area contributed by atoms with E-state index in [9.17, 15) is 10.2 Å². The van der Waals surface area contributed by atoms with Crippen molar-refractivity contribution in [1.29, 1.82) is 0 Å². The number of rotatable bonds is 8. The molecule has 0 aliphatic heterocycles. The predicted molar refractivity (Wildman–Crippen MR) is 104 cm³/mol. The molecule has 8 heteroatoms. The van der Waals surface area contributed by atoms with E-state index in [-0.39, 0.29) is 13.2 Å². The van der Waals surface area contributed by atoms with Gasteiger partial charge in [-0.2, -0.15) is 0 Å². The first-order chi connectivity index (χ1) is 12.7. The summed E-state index contributed by atoms with van der Waals surface area (Å²) in [6.45, 7) is 2.90. The summed E-state index contributed by atoms with van der Waals surface area (Å²) in [5.74, 6) is 1.45. The molecule has 3 N–H and O–H groups in total. The lowest BCUT2D eigenvalue weighted by molar-refractivity contribution is 0.281. The quantitative estimate of drug-likeness (QED) is 0.560. The molecule has 0 saturated carbocycles. The van der Waals surface area contributed by atoms with Crippen LogP contribution in [0.2, 0.25) is 0 Å². The van der Waals surface area contributed by atoms with Gasteiger partial charge in [0, 0.05) is 25.5 Å². The van der Waals surface area contributed by atoms with Crippen molar-refractivity contribution in [1.82, 2.24) is 15.0 Å². The van der Waals surface area contributed by atoms with Crippen molar-refractivity contribution >= 4 is 28.1 Å². The van der Waals surface area contributed by atoms with E-state index in [4.69, 9.17) is 0 Å². The Morgan fingerprint density at radius 2 is 1.88 bits per heavy atom. The third-order valence-electron chi connectivity index (χ3n) is 3.68. The van der Waals surface area contributed by atoms with Gasteiger partial charge in [-0.1, -0.05) is 17.4 Å². The first-order valence-corrected chi connectivity index (χ1v) is 9.11. The van der Waals surface area contributed by atoms with E-state index < -0.39 is 0 Å². The van der Waals surface area contributed by atoms with Gasteiger partial charge in [0.05, 0.1) is 23.8 Å². The highest BCUT2D eigenvalue weighted by atomic mass is 32.1. The highest BCUT2D eigenvalue weighted by molar-refractivity contribution is 7.18. The van der Waals surface area contributed by atoms with Crippen LogP contribution in [0.4, 0.5) is 16.8 Å². The topological polar surface area (TPSA) is 94.4 Å². The second-order valence-corrected chi connectivity index (χ2v) is 6.70. The molecule has 3 aromatic heterocycles. The lowest BCUT2D eigenvalue weighted by Gasteiger charge is -2.18. The van der Waals surface area contributed by atoms with Crippen LogP contribution in [0.3, 0.4) is 0 Å². The van der Waals surface area contributed by atoms with Gasteiger partial charge >= 0.3 is 0 Å². The Kier molecular flexibility index (Phi) is 6.11. The summed E-state index contributed by atoms with van der Waals surface area (Å²) in [4.78, 5) is 16.1. The highest BCUT2D eigenvalue weighted by Crippen LogP contribution is 2.30. The SMILES string of the molecule is Cc1ccnc(Nc2cccc(-c3cnc(N(CCO)CCO)s3)n2)c1. The standard InChI is InChI=1S/C18H21N5O2S/c1-13-5-6-19-17(11-13)22-16-4-2-3-14(21-16)15-12-20-18(26-15)23(7-9-24)8-10-25/h2-6,11-12,24-25H,7-10H2,1H3,(H,19,21,22). The van der Waals surface area contributed by atoms with Gasteiger partial charge in [-0.15, -0.1) is 0 Å². The number of anilines is 3. The summed E-state index contributed by atoms with van der Waals surface area (Å²) < 4.78 is 0. The molecule has 0 fully saturated rings. The van der Waals surface area contributed by atoms with E-state index in [1.807, 2.05) is 42.2 Å². The zero-order valence-corrected chi connectivity index (χ0v) is 15.3. The van der Waals surface area contributed by atoms with Crippen LogP contribution in [0.25, 0.3) is 10.6 Å². The number of nitrogens with zero attached hydrogens (tertiary/aromatic N) is 4. The smallest absolute Gasteiger partial charge is 0.186 e. The van der Waals surface area contributed by atoms with Crippen molar-refractivity contribution in [3.8, 4) is 10.6 Å². The average Bonchev–Trinajstić information content (AvgIpc) is 3.12. The third kappa shape index (κ3) is 4.54. The number of nitrogens with one attached hydrogen (secondary N) is 1. The minimum atomic E-state index is 0.00998. The Hall–Kier alpha value is -2.55. The lowest BCUT2D eigenvalue weighted by Crippen LogP contribution is -2.29. The third-order valence-corrected chi connectivity index (χ3v) is 4.76. The fourth-order valence-corrected chi connectivity index (χ4v) is 3.39. The van der Waals surface area contributed by atoms with Crippen molar-refractivity contribution in [3.63, 3.8) is 0 Å². The van der Waals surface area contributed by atoms with Crippen molar-refractivity contribution in [2.45, 2.75) is 6.92 Å². The van der Waals surface area contributed by atoms with Crippen LogP contribution in [-0.4, -0.2) is 51.5 Å². The van der Waals surface area contributed by atoms with E-state index >= 15 is 0 Å². The molecule has 0 saturated heterocycles. The summed E-state index contributed by atoms with van der Waals surface area (Å²) in [6.07, 6.45) is 3.52. The van der Waals surface area contributed by atoms with Crippen molar-refractivity contribution < 1.29 is 10.2 Å². The zero-order valence-electron chi connectivity index (χ0n) is 14.5. The first kappa shape index (κ1) is 18.2. The molecule has 0 bridgehead atoms. The number of aromatic nitrogens is 3. The van der Waals surface area contributed by atoms with Gasteiger partial charge in [0.2, 0.25) is 0 Å². The number of thiazole rings is 1. The molecule has 3 rings (SSSR count). The van der Waals surface area contributed by atoms with Gasteiger partial charge < -0.3 is 20.4 Å². The Morgan fingerprint density at radius 1 is 1.08 bits per heavy atom. The fourth-order valence-electron chi connectivity index (χ4n) is 2.45. The Bertz CT molecular complexity index is 849. The van der Waals surface area contributed by atoms with Crippen LogP contribution in [0.1, 0.15) is 5.56 Å². The van der Waals surface area contributed by atoms with E-state index in [2.05, 4.69) is 20.3 Å². The summed E-state index contributed by atoms with van der Waals surface area (Å²) in [5.41, 5.74) is 1.93. The summed E-state index contributed by atoms with van der Waals surface area (Å²) in [6, 6.07) is 9.64. The first-order valence-electron chi connectivity index (χ1n) is 8.29. The number of hydrogen-bond acceptors (Lipinski definition) is 8. The Morgan fingerprint density at radius 3 is 2.62 bits per heavy atom. The van der Waals surface area contributed by atoms with Crippen molar-refractivity contribution in [2.24, 2.45) is 0 Å². The number of aliphatic hydroxyl groups is 2. The molecule has 0 unspecified atom stereocenters. The van der Waals surface area contributed by atoms with Gasteiger partial charge in [0.25, 0.3) is 0 Å². The van der Waals surface area contributed by atoms with Crippen molar-refractivity contribution in [2.75, 3.05) is 36.5 Å². The number of pyridine rings is 2. The second kappa shape index (κ2) is 8.70. The molecular weight excluding hydrogens is 350 g/mol. The largest absolute Gasteiger partial charge is 0.395 e. The molecule has 0 aromatic carbocycles. The minimum Gasteiger partial charge on any atom is -0.395 e. The fraction of sp³-hybridized carbons (Fsp3) is 0.278. The van der Waals surface area contributed by atoms with Crippen molar-refractivity contribution in [3.05, 3.63) is 48.3 Å². The van der Waals surface area contributed by atoms with Crippen LogP contribution >= 0.6 is 11.3 Å². The molecular formula is C18H21N5O2S. The zero-order chi connectivity index (χ0) is 18.4. The van der Waals surface area contributed by atoms with Gasteiger partial charge in [-0.05, 0) is 36.8 Å². The number of aryl methyl sites for hydroxylation is 1. The summed E-state index contributed by atoms with van der Waals surface area (Å²) in [7, 11) is 0. The molecule has 0 aliphatic rings. The van der Waals surface area contributed by atoms with Gasteiger partial charge in [0.15, 0.2) is 5.13 Å². The molecule has 3 heterocycles. The predicted octanol–water partition coefficient (Wildman–Crippen LogP) is 2.44.